The van der Waals surface area contributed by atoms with Crippen molar-refractivity contribution < 1.29 is 24.5 Å². The van der Waals surface area contributed by atoms with Crippen LogP contribution < -0.4 is 4.74 Å². The highest BCUT2D eigenvalue weighted by molar-refractivity contribution is 6.46. The lowest BCUT2D eigenvalue weighted by Crippen LogP contribution is -2.33. The number of halogens is 3. The summed E-state index contributed by atoms with van der Waals surface area (Å²) in [5.41, 5.74) is 0.0266. The molecule has 5 nitrogen and oxygen atoms in total. The summed E-state index contributed by atoms with van der Waals surface area (Å²) in [5.74, 6) is -0.870. The lowest BCUT2D eigenvalue weighted by atomic mass is 9.77. The number of rotatable bonds is 0. The van der Waals surface area contributed by atoms with Crippen LogP contribution in [0.1, 0.15) is 27.0 Å². The number of carbonyl (C=O) groups excluding carboxylic acids is 1. The molecule has 2 N–H and O–H groups in total. The maximum Gasteiger partial charge on any atom is 0.340 e. The van der Waals surface area contributed by atoms with Crippen molar-refractivity contribution >= 4 is 40.8 Å². The van der Waals surface area contributed by atoms with Gasteiger partial charge < -0.3 is 19.7 Å². The highest BCUT2D eigenvalue weighted by Crippen LogP contribution is 2.62. The van der Waals surface area contributed by atoms with Crippen LogP contribution in [0.5, 0.6) is 23.0 Å². The molecule has 0 saturated carbocycles. The van der Waals surface area contributed by atoms with E-state index >= 15 is 0 Å². The Kier molecular flexibility index (Phi) is 3.56. The third kappa shape index (κ3) is 2.01. The molecule has 0 aromatic heterocycles. The molecule has 0 amide bonds. The third-order valence-electron chi connectivity index (χ3n) is 4.94. The van der Waals surface area contributed by atoms with Gasteiger partial charge in [-0.3, -0.25) is 0 Å². The molecule has 2 heterocycles. The lowest BCUT2D eigenvalue weighted by Gasteiger charge is -2.37. The molecule has 0 saturated heterocycles. The van der Waals surface area contributed by atoms with Crippen molar-refractivity contribution in [3.05, 3.63) is 79.8 Å². The average molecular weight is 436 g/mol. The van der Waals surface area contributed by atoms with E-state index < -0.39 is 17.3 Å². The summed E-state index contributed by atoms with van der Waals surface area (Å²) in [6.45, 7) is 0. The summed E-state index contributed by atoms with van der Waals surface area (Å²) in [5, 5.41) is 19.7. The minimum Gasteiger partial charge on any atom is -0.508 e. The zero-order valence-corrected chi connectivity index (χ0v) is 16.1. The molecule has 3 aromatic rings. The second-order valence-corrected chi connectivity index (χ2v) is 7.53. The van der Waals surface area contributed by atoms with E-state index in [1.165, 1.54) is 12.1 Å². The number of phenolic OH excluding ortho intramolecular Hbond substituents is 2. The number of ether oxygens (including phenoxy) is 2. The fraction of sp³-hybridized carbons (Fsp3) is 0.0500. The molecule has 0 fully saturated rings. The van der Waals surface area contributed by atoms with Crippen molar-refractivity contribution in [2.75, 3.05) is 0 Å². The summed E-state index contributed by atoms with van der Waals surface area (Å²) in [4.78, 5) is 12.7. The van der Waals surface area contributed by atoms with Gasteiger partial charge in [-0.2, -0.15) is 0 Å². The van der Waals surface area contributed by atoms with Crippen molar-refractivity contribution in [3.63, 3.8) is 0 Å². The second kappa shape index (κ2) is 5.70. The Balaban J connectivity index is 1.99. The van der Waals surface area contributed by atoms with Gasteiger partial charge >= 0.3 is 5.97 Å². The fourth-order valence-corrected chi connectivity index (χ4v) is 4.54. The van der Waals surface area contributed by atoms with Gasteiger partial charge in [-0.05, 0) is 18.2 Å². The van der Waals surface area contributed by atoms with E-state index in [-0.39, 0.29) is 37.9 Å². The molecule has 0 bridgehead atoms. The Morgan fingerprint density at radius 1 is 0.893 bits per heavy atom. The normalized spacial score (nSPS) is 18.9. The summed E-state index contributed by atoms with van der Waals surface area (Å²) < 4.78 is 11.8. The molecule has 3 aromatic carbocycles. The molecular formula is C20H9Cl3O5. The van der Waals surface area contributed by atoms with E-state index in [2.05, 4.69) is 0 Å². The fourth-order valence-electron chi connectivity index (χ4n) is 3.77. The quantitative estimate of drug-likeness (QED) is 0.354. The molecule has 2 aliphatic rings. The Bertz CT molecular complexity index is 1210. The molecule has 2 aliphatic heterocycles. The summed E-state index contributed by atoms with van der Waals surface area (Å²) in [6.07, 6.45) is 0. The number of benzene rings is 3. The van der Waals surface area contributed by atoms with Crippen LogP contribution >= 0.6 is 34.8 Å². The summed E-state index contributed by atoms with van der Waals surface area (Å²) in [6, 6.07) is 11.2. The first-order valence-corrected chi connectivity index (χ1v) is 9.23. The Labute approximate surface area is 173 Å². The highest BCUT2D eigenvalue weighted by atomic mass is 35.5. The van der Waals surface area contributed by atoms with Crippen LogP contribution in [0.15, 0.2) is 42.5 Å². The number of hydrogen-bond acceptors (Lipinski definition) is 5. The zero-order chi connectivity index (χ0) is 19.8. The molecule has 0 radical (unpaired) electrons. The second-order valence-electron chi connectivity index (χ2n) is 6.39. The van der Waals surface area contributed by atoms with Crippen LogP contribution in [0.3, 0.4) is 0 Å². The third-order valence-corrected chi connectivity index (χ3v) is 6.13. The number of esters is 1. The Morgan fingerprint density at radius 2 is 1.64 bits per heavy atom. The number of hydrogen-bond donors (Lipinski definition) is 2. The maximum absolute atomic E-state index is 12.7. The van der Waals surface area contributed by atoms with Crippen LogP contribution in [0.2, 0.25) is 15.1 Å². The molecule has 1 atom stereocenters. The smallest absolute Gasteiger partial charge is 0.340 e. The first kappa shape index (κ1) is 17.5. The van der Waals surface area contributed by atoms with Gasteiger partial charge in [0.1, 0.15) is 21.5 Å². The number of aromatic hydroxyl groups is 2. The summed E-state index contributed by atoms with van der Waals surface area (Å²) >= 11 is 19.0. The molecule has 0 aliphatic carbocycles. The standard InChI is InChI=1S/C20H9Cl3O5/c21-14-13-18(16(23)17(25)15(14)22)27-12-7-8(24)5-6-11(12)20(13)10-4-2-1-3-9(10)19(26)28-20/h1-7,24-25H. The highest BCUT2D eigenvalue weighted by Gasteiger charge is 2.55. The van der Waals surface area contributed by atoms with Crippen LogP contribution in [0.4, 0.5) is 0 Å². The van der Waals surface area contributed by atoms with Crippen LogP contribution in [0, 0.1) is 0 Å². The van der Waals surface area contributed by atoms with Crippen molar-refractivity contribution in [2.24, 2.45) is 0 Å². The number of carbonyl (C=O) groups is 1. The molecule has 140 valence electrons. The maximum atomic E-state index is 12.7. The zero-order valence-electron chi connectivity index (χ0n) is 13.8. The Hall–Kier alpha value is -2.60. The van der Waals surface area contributed by atoms with Crippen molar-refractivity contribution in [1.82, 2.24) is 0 Å². The Morgan fingerprint density at radius 3 is 2.43 bits per heavy atom. The van der Waals surface area contributed by atoms with E-state index in [9.17, 15) is 15.0 Å². The van der Waals surface area contributed by atoms with Crippen molar-refractivity contribution in [1.29, 1.82) is 0 Å². The summed E-state index contributed by atoms with van der Waals surface area (Å²) in [7, 11) is 0. The molecule has 28 heavy (non-hydrogen) atoms. The largest absolute Gasteiger partial charge is 0.508 e. The average Bonchev–Trinajstić information content (AvgIpc) is 2.97. The predicted molar refractivity (Wildman–Crippen MR) is 103 cm³/mol. The van der Waals surface area contributed by atoms with Gasteiger partial charge in [-0.15, -0.1) is 0 Å². The predicted octanol–water partition coefficient (Wildman–Crippen LogP) is 5.63. The van der Waals surface area contributed by atoms with E-state index in [1.54, 1.807) is 30.3 Å². The lowest BCUT2D eigenvalue weighted by molar-refractivity contribution is 0.0224. The van der Waals surface area contributed by atoms with Gasteiger partial charge in [0.25, 0.3) is 0 Å². The topological polar surface area (TPSA) is 76.0 Å². The molecule has 1 unspecified atom stereocenters. The van der Waals surface area contributed by atoms with Crippen LogP contribution in [-0.2, 0) is 10.3 Å². The van der Waals surface area contributed by atoms with Gasteiger partial charge in [0, 0.05) is 17.2 Å². The van der Waals surface area contributed by atoms with Crippen molar-refractivity contribution in [2.45, 2.75) is 5.60 Å². The van der Waals surface area contributed by atoms with Gasteiger partial charge in [0.2, 0.25) is 0 Å². The van der Waals surface area contributed by atoms with E-state index in [4.69, 9.17) is 44.3 Å². The first-order valence-electron chi connectivity index (χ1n) is 8.10. The van der Waals surface area contributed by atoms with Crippen molar-refractivity contribution in [3.8, 4) is 23.0 Å². The number of phenols is 2. The minimum atomic E-state index is -1.50. The molecule has 8 heteroatoms. The van der Waals surface area contributed by atoms with Gasteiger partial charge in [-0.1, -0.05) is 53.0 Å². The number of fused-ring (bicyclic) bond motifs is 6. The van der Waals surface area contributed by atoms with Gasteiger partial charge in [0.15, 0.2) is 17.1 Å². The first-order chi connectivity index (χ1) is 13.4. The molecule has 5 rings (SSSR count). The minimum absolute atomic E-state index is 0.00355. The van der Waals surface area contributed by atoms with E-state index in [0.29, 0.717) is 16.7 Å². The van der Waals surface area contributed by atoms with Crippen LogP contribution in [-0.4, -0.2) is 16.2 Å². The SMILES string of the molecule is O=C1OC2(c3ccc(O)cc3Oc3c(Cl)c(O)c(Cl)c(Cl)c32)c2ccccc21. The van der Waals surface area contributed by atoms with E-state index in [0.717, 1.165) is 0 Å². The van der Waals surface area contributed by atoms with E-state index in [1.807, 2.05) is 0 Å². The monoisotopic (exact) mass is 434 g/mol. The molecular weight excluding hydrogens is 427 g/mol. The molecule has 1 spiro atoms. The van der Waals surface area contributed by atoms with Gasteiger partial charge in [0.05, 0.1) is 16.1 Å². The van der Waals surface area contributed by atoms with Gasteiger partial charge in [-0.25, -0.2) is 4.79 Å². The van der Waals surface area contributed by atoms with Crippen LogP contribution in [0.25, 0.3) is 0 Å².